The number of hydrogen-bond acceptors (Lipinski definition) is 5. The number of carbonyl (C=O) groups is 4. The summed E-state index contributed by atoms with van der Waals surface area (Å²) < 4.78 is 40.8. The van der Waals surface area contributed by atoms with Crippen molar-refractivity contribution in [3.63, 3.8) is 0 Å². The van der Waals surface area contributed by atoms with Crippen LogP contribution in [0.2, 0.25) is 0 Å². The van der Waals surface area contributed by atoms with Gasteiger partial charge in [-0.15, -0.1) is 0 Å². The summed E-state index contributed by atoms with van der Waals surface area (Å²) in [6.07, 6.45) is -2.58. The van der Waals surface area contributed by atoms with Crippen molar-refractivity contribution in [2.75, 3.05) is 31.1 Å². The first kappa shape index (κ1) is 28.9. The van der Waals surface area contributed by atoms with Crippen molar-refractivity contribution >= 4 is 29.3 Å². The molecule has 3 aliphatic rings. The summed E-state index contributed by atoms with van der Waals surface area (Å²) in [6.45, 7) is 0.572. The first-order chi connectivity index (χ1) is 20.1. The molecule has 1 fully saturated rings. The minimum absolute atomic E-state index is 0.00310. The Hall–Kier alpha value is -4.66. The second-order valence-corrected chi connectivity index (χ2v) is 10.4. The normalized spacial score (nSPS) is 19.2. The van der Waals surface area contributed by atoms with Crippen LogP contribution in [0.4, 0.5) is 23.7 Å². The maximum Gasteiger partial charge on any atom is 0.416 e. The second-order valence-electron chi connectivity index (χ2n) is 10.4. The van der Waals surface area contributed by atoms with Gasteiger partial charge < -0.3 is 15.1 Å². The Balaban J connectivity index is 1.54. The highest BCUT2D eigenvalue weighted by molar-refractivity contribution is 6.07. The lowest BCUT2D eigenvalue weighted by Gasteiger charge is -2.45. The van der Waals surface area contributed by atoms with Gasteiger partial charge in [0.25, 0.3) is 0 Å². The van der Waals surface area contributed by atoms with Crippen LogP contribution in [0, 0.1) is 11.3 Å². The van der Waals surface area contributed by atoms with Crippen molar-refractivity contribution < 1.29 is 32.3 Å². The van der Waals surface area contributed by atoms with E-state index in [9.17, 15) is 37.6 Å². The number of halogens is 3. The fourth-order valence-corrected chi connectivity index (χ4v) is 5.71. The summed E-state index contributed by atoms with van der Waals surface area (Å²) in [5, 5.41) is 12.0. The number of carbonyl (C=O) groups excluding carboxylic acids is 4. The maximum absolute atomic E-state index is 14.2. The zero-order valence-electron chi connectivity index (χ0n) is 22.6. The largest absolute Gasteiger partial charge is 0.416 e. The number of likely N-dealkylation sites (tertiary alicyclic amines) is 1. The highest BCUT2D eigenvalue weighted by atomic mass is 19.4. The first-order valence-electron chi connectivity index (χ1n) is 13.7. The van der Waals surface area contributed by atoms with Crippen molar-refractivity contribution in [3.8, 4) is 6.07 Å². The number of rotatable bonds is 7. The maximum atomic E-state index is 14.2. The lowest BCUT2D eigenvalue weighted by molar-refractivity contribution is -0.137. The Morgan fingerprint density at radius 1 is 1.02 bits per heavy atom. The van der Waals surface area contributed by atoms with E-state index in [4.69, 9.17) is 0 Å². The molecular formula is C30H28F3N5O4. The lowest BCUT2D eigenvalue weighted by atomic mass is 9.83. The van der Waals surface area contributed by atoms with Crippen LogP contribution in [0.25, 0.3) is 0 Å². The van der Waals surface area contributed by atoms with E-state index in [2.05, 4.69) is 5.32 Å². The van der Waals surface area contributed by atoms with E-state index < -0.39 is 36.3 Å². The number of hydrogen-bond donors (Lipinski definition) is 1. The molecule has 1 unspecified atom stereocenters. The summed E-state index contributed by atoms with van der Waals surface area (Å²) in [7, 11) is 0. The summed E-state index contributed by atoms with van der Waals surface area (Å²) >= 11 is 0. The molecule has 0 bridgehead atoms. The molecule has 218 valence electrons. The van der Waals surface area contributed by atoms with E-state index in [1.807, 2.05) is 6.07 Å². The molecule has 1 saturated heterocycles. The predicted octanol–water partition coefficient (Wildman–Crippen LogP) is 4.31. The quantitative estimate of drug-likeness (QED) is 0.526. The molecule has 42 heavy (non-hydrogen) atoms. The van der Waals surface area contributed by atoms with E-state index in [0.29, 0.717) is 42.8 Å². The number of nitrogens with one attached hydrogen (secondary N) is 1. The van der Waals surface area contributed by atoms with Crippen molar-refractivity contribution in [3.05, 3.63) is 76.5 Å². The van der Waals surface area contributed by atoms with Gasteiger partial charge in [-0.2, -0.15) is 18.4 Å². The fourth-order valence-electron chi connectivity index (χ4n) is 5.71. The highest BCUT2D eigenvalue weighted by Crippen LogP contribution is 2.44. The Labute approximate surface area is 240 Å². The molecule has 4 amide bonds. The van der Waals surface area contributed by atoms with Crippen LogP contribution in [0.1, 0.15) is 54.8 Å². The molecule has 1 atom stereocenters. The van der Waals surface area contributed by atoms with Gasteiger partial charge in [-0.3, -0.25) is 19.3 Å². The van der Waals surface area contributed by atoms with Crippen LogP contribution >= 0.6 is 0 Å². The van der Waals surface area contributed by atoms with Gasteiger partial charge in [-0.1, -0.05) is 18.2 Å². The number of urea groups is 1. The summed E-state index contributed by atoms with van der Waals surface area (Å²) in [5.41, 5.74) is 0.369. The van der Waals surface area contributed by atoms with Crippen LogP contribution in [0.15, 0.2) is 59.8 Å². The SMILES string of the molecule is N#Cc1ccc(C2C3=C(CCCC3=O)N(c3cccc(C(F)(F)F)c3)C(=O)N2CC(=O)NCCN2CCCC2=O)cc1. The molecule has 5 rings (SSSR count). The van der Waals surface area contributed by atoms with Crippen molar-refractivity contribution in [1.29, 1.82) is 5.26 Å². The molecule has 12 heteroatoms. The van der Waals surface area contributed by atoms with Crippen molar-refractivity contribution in [2.45, 2.75) is 44.3 Å². The smallest absolute Gasteiger partial charge is 0.353 e. The topological polar surface area (TPSA) is 114 Å². The third-order valence-corrected chi connectivity index (χ3v) is 7.70. The number of ketones is 1. The highest BCUT2D eigenvalue weighted by Gasteiger charge is 2.45. The third kappa shape index (κ3) is 5.72. The van der Waals surface area contributed by atoms with Crippen LogP contribution in [0.3, 0.4) is 0 Å². The van der Waals surface area contributed by atoms with Crippen molar-refractivity contribution in [2.24, 2.45) is 0 Å². The zero-order chi connectivity index (χ0) is 30.0. The molecule has 2 aliphatic heterocycles. The van der Waals surface area contributed by atoms with E-state index in [-0.39, 0.29) is 42.3 Å². The summed E-state index contributed by atoms with van der Waals surface area (Å²) in [5.74, 6) is -0.818. The predicted molar refractivity (Wildman–Crippen MR) is 145 cm³/mol. The first-order valence-corrected chi connectivity index (χ1v) is 13.7. The molecule has 2 heterocycles. The van der Waals surface area contributed by atoms with Crippen molar-refractivity contribution in [1.82, 2.24) is 15.1 Å². The van der Waals surface area contributed by atoms with Crippen LogP contribution < -0.4 is 10.2 Å². The molecule has 0 aromatic heterocycles. The van der Waals surface area contributed by atoms with E-state index in [1.54, 1.807) is 17.0 Å². The Morgan fingerprint density at radius 3 is 2.45 bits per heavy atom. The lowest BCUT2D eigenvalue weighted by Crippen LogP contribution is -2.54. The molecule has 0 spiro atoms. The number of alkyl halides is 3. The van der Waals surface area contributed by atoms with Crippen LogP contribution in [-0.4, -0.2) is 59.6 Å². The standard InChI is InChI=1S/C30H28F3N5O4/c31-30(32,33)21-4-1-5-22(16-21)38-23-6-2-7-24(39)27(23)28(20-11-9-19(17-34)10-12-20)37(29(38)42)18-25(40)35-13-15-36-14-3-8-26(36)41/h1,4-5,9-12,16,28H,2-3,6-8,13-15,18H2,(H,35,40). The van der Waals surface area contributed by atoms with Gasteiger partial charge in [0.15, 0.2) is 5.78 Å². The molecule has 0 saturated carbocycles. The van der Waals surface area contributed by atoms with Gasteiger partial charge >= 0.3 is 12.2 Å². The molecule has 0 radical (unpaired) electrons. The Bertz CT molecular complexity index is 1500. The minimum atomic E-state index is -4.66. The van der Waals surface area contributed by atoms with Gasteiger partial charge in [0.05, 0.1) is 28.9 Å². The average molecular weight is 580 g/mol. The van der Waals surface area contributed by atoms with Gasteiger partial charge in [0.1, 0.15) is 6.54 Å². The van der Waals surface area contributed by atoms with E-state index in [1.165, 1.54) is 29.2 Å². The number of anilines is 1. The molecule has 1 aliphatic carbocycles. The number of nitrogens with zero attached hydrogens (tertiary/aromatic N) is 4. The van der Waals surface area contributed by atoms with E-state index >= 15 is 0 Å². The zero-order valence-corrected chi connectivity index (χ0v) is 22.6. The average Bonchev–Trinajstić information content (AvgIpc) is 3.38. The van der Waals surface area contributed by atoms with Gasteiger partial charge in [-0.05, 0) is 55.2 Å². The minimum Gasteiger partial charge on any atom is -0.353 e. The summed E-state index contributed by atoms with van der Waals surface area (Å²) in [6, 6.07) is 10.9. The number of allylic oxidation sites excluding steroid dienone is 1. The Morgan fingerprint density at radius 2 is 1.79 bits per heavy atom. The number of nitriles is 1. The molecule has 1 N–H and O–H groups in total. The number of Topliss-reactive ketones (excluding diaryl/α,β-unsaturated/α-hetero) is 1. The summed E-state index contributed by atoms with van der Waals surface area (Å²) in [4.78, 5) is 56.6. The third-order valence-electron chi connectivity index (χ3n) is 7.70. The molecular weight excluding hydrogens is 551 g/mol. The molecule has 2 aromatic carbocycles. The van der Waals surface area contributed by atoms with Gasteiger partial charge in [-0.25, -0.2) is 4.79 Å². The van der Waals surface area contributed by atoms with Gasteiger partial charge in [0, 0.05) is 43.7 Å². The van der Waals surface area contributed by atoms with Gasteiger partial charge in [0.2, 0.25) is 11.8 Å². The second kappa shape index (κ2) is 11.7. The number of benzene rings is 2. The fraction of sp³-hybridized carbons (Fsp3) is 0.367. The number of amides is 4. The molecule has 9 nitrogen and oxygen atoms in total. The van der Waals surface area contributed by atoms with Crippen LogP contribution in [0.5, 0.6) is 0 Å². The monoisotopic (exact) mass is 579 g/mol. The molecule has 2 aromatic rings. The van der Waals surface area contributed by atoms with E-state index in [0.717, 1.165) is 23.5 Å². The Kier molecular flexibility index (Phi) is 8.02. The van der Waals surface area contributed by atoms with Crippen LogP contribution in [-0.2, 0) is 20.6 Å².